The van der Waals surface area contributed by atoms with E-state index in [0.717, 1.165) is 0 Å². The number of nitrogens with zero attached hydrogens (tertiary/aromatic N) is 1. The number of likely N-dealkylation sites (N-methyl/N-ethyl adjacent to an activating group) is 1. The molecule has 6 heteroatoms. The van der Waals surface area contributed by atoms with Crippen LogP contribution in [0.15, 0.2) is 29.2 Å². The number of carbonyl (C=O) groups excluding carboxylic acids is 1. The van der Waals surface area contributed by atoms with Crippen LogP contribution in [0.2, 0.25) is 0 Å². The molecule has 2 rings (SSSR count). The minimum absolute atomic E-state index is 0.0819. The van der Waals surface area contributed by atoms with Gasteiger partial charge in [-0.2, -0.15) is 4.31 Å². The van der Waals surface area contributed by atoms with Gasteiger partial charge in [0, 0.05) is 19.2 Å². The van der Waals surface area contributed by atoms with Crippen molar-refractivity contribution in [2.75, 3.05) is 20.3 Å². The summed E-state index contributed by atoms with van der Waals surface area (Å²) in [5, 5.41) is 0. The van der Waals surface area contributed by atoms with Gasteiger partial charge in [-0.3, -0.25) is 4.79 Å². The summed E-state index contributed by atoms with van der Waals surface area (Å²) in [4.78, 5) is 11.4. The van der Waals surface area contributed by atoms with Crippen LogP contribution in [0.5, 0.6) is 0 Å². The van der Waals surface area contributed by atoms with Crippen molar-refractivity contribution in [3.05, 3.63) is 29.8 Å². The predicted octanol–water partition coefficient (Wildman–Crippen LogP) is 1.30. The van der Waals surface area contributed by atoms with E-state index in [9.17, 15) is 13.2 Å². The molecular formula is C13H17NO4S. The molecule has 0 amide bonds. The SMILES string of the molecule is CC(=O)c1ccc(S(=O)(=O)N(C)C2CCOC2)cc1. The van der Waals surface area contributed by atoms with Crippen LogP contribution in [0.4, 0.5) is 0 Å². The fraction of sp³-hybridized carbons (Fsp3) is 0.462. The van der Waals surface area contributed by atoms with Gasteiger partial charge in [0.25, 0.3) is 0 Å². The summed E-state index contributed by atoms with van der Waals surface area (Å²) < 4.78 is 31.3. The molecule has 0 aromatic heterocycles. The molecule has 1 heterocycles. The minimum Gasteiger partial charge on any atom is -0.380 e. The highest BCUT2D eigenvalue weighted by Gasteiger charge is 2.30. The maximum atomic E-state index is 12.4. The highest BCUT2D eigenvalue weighted by molar-refractivity contribution is 7.89. The van der Waals surface area contributed by atoms with Crippen molar-refractivity contribution in [3.63, 3.8) is 0 Å². The monoisotopic (exact) mass is 283 g/mol. The molecule has 5 nitrogen and oxygen atoms in total. The van der Waals surface area contributed by atoms with Gasteiger partial charge >= 0.3 is 0 Å². The normalized spacial score (nSPS) is 19.8. The summed E-state index contributed by atoms with van der Waals surface area (Å²) in [5.74, 6) is -0.0819. The number of Topliss-reactive ketones (excluding diaryl/α,β-unsaturated/α-hetero) is 1. The van der Waals surface area contributed by atoms with E-state index in [1.165, 1.54) is 35.5 Å². The first-order chi connectivity index (χ1) is 8.93. The summed E-state index contributed by atoms with van der Waals surface area (Å²) in [6.45, 7) is 2.47. The van der Waals surface area contributed by atoms with Gasteiger partial charge in [-0.1, -0.05) is 12.1 Å². The van der Waals surface area contributed by atoms with Crippen LogP contribution in [0.1, 0.15) is 23.7 Å². The maximum Gasteiger partial charge on any atom is 0.243 e. The summed E-state index contributed by atoms with van der Waals surface area (Å²) in [6, 6.07) is 5.90. The maximum absolute atomic E-state index is 12.4. The molecule has 0 N–H and O–H groups in total. The quantitative estimate of drug-likeness (QED) is 0.781. The topological polar surface area (TPSA) is 63.7 Å². The van der Waals surface area contributed by atoms with Crippen LogP contribution in [0.25, 0.3) is 0 Å². The Balaban J connectivity index is 2.25. The van der Waals surface area contributed by atoms with Gasteiger partial charge in [0.2, 0.25) is 10.0 Å². The Labute approximate surface area is 113 Å². The zero-order valence-electron chi connectivity index (χ0n) is 11.0. The van der Waals surface area contributed by atoms with Gasteiger partial charge in [-0.25, -0.2) is 8.42 Å². The molecule has 0 saturated carbocycles. The van der Waals surface area contributed by atoms with Crippen LogP contribution in [-0.4, -0.2) is 44.8 Å². The highest BCUT2D eigenvalue weighted by atomic mass is 32.2. The summed E-state index contributed by atoms with van der Waals surface area (Å²) in [5.41, 5.74) is 0.505. The molecule has 104 valence electrons. The summed E-state index contributed by atoms with van der Waals surface area (Å²) in [7, 11) is -1.96. The van der Waals surface area contributed by atoms with Gasteiger partial charge in [0.05, 0.1) is 17.5 Å². The second kappa shape index (κ2) is 5.40. The van der Waals surface area contributed by atoms with E-state index in [0.29, 0.717) is 25.2 Å². The lowest BCUT2D eigenvalue weighted by molar-refractivity contribution is 0.101. The number of hydrogen-bond acceptors (Lipinski definition) is 4. The molecule has 1 atom stereocenters. The molecule has 0 radical (unpaired) electrons. The molecule has 1 unspecified atom stereocenters. The van der Waals surface area contributed by atoms with Gasteiger partial charge < -0.3 is 4.74 Å². The Morgan fingerprint density at radius 1 is 1.32 bits per heavy atom. The van der Waals surface area contributed by atoms with Crippen molar-refractivity contribution in [3.8, 4) is 0 Å². The van der Waals surface area contributed by atoms with E-state index in [1.54, 1.807) is 7.05 Å². The number of rotatable bonds is 4. The fourth-order valence-electron chi connectivity index (χ4n) is 2.03. The molecule has 19 heavy (non-hydrogen) atoms. The minimum atomic E-state index is -3.52. The third-order valence-corrected chi connectivity index (χ3v) is 5.28. The van der Waals surface area contributed by atoms with Crippen LogP contribution in [0.3, 0.4) is 0 Å². The number of ketones is 1. The number of carbonyl (C=O) groups is 1. The lowest BCUT2D eigenvalue weighted by Gasteiger charge is -2.22. The van der Waals surface area contributed by atoms with E-state index in [4.69, 9.17) is 4.74 Å². The predicted molar refractivity (Wildman–Crippen MR) is 70.6 cm³/mol. The van der Waals surface area contributed by atoms with Crippen LogP contribution in [0, 0.1) is 0 Å². The van der Waals surface area contributed by atoms with Gasteiger partial charge in [0.15, 0.2) is 5.78 Å². The molecule has 1 aromatic rings. The number of ether oxygens (including phenoxy) is 1. The Bertz CT molecular complexity index is 559. The lowest BCUT2D eigenvalue weighted by atomic mass is 10.2. The zero-order chi connectivity index (χ0) is 14.0. The van der Waals surface area contributed by atoms with Crippen molar-refractivity contribution < 1.29 is 17.9 Å². The molecule has 1 aromatic carbocycles. The largest absolute Gasteiger partial charge is 0.380 e. The van der Waals surface area contributed by atoms with Gasteiger partial charge in [0.1, 0.15) is 0 Å². The van der Waals surface area contributed by atoms with Crippen molar-refractivity contribution >= 4 is 15.8 Å². The second-order valence-corrected chi connectivity index (χ2v) is 6.62. The number of sulfonamides is 1. The molecule has 1 fully saturated rings. The molecule has 0 aliphatic carbocycles. The fourth-order valence-corrected chi connectivity index (χ4v) is 3.40. The van der Waals surface area contributed by atoms with Crippen LogP contribution in [-0.2, 0) is 14.8 Å². The number of benzene rings is 1. The van der Waals surface area contributed by atoms with E-state index in [2.05, 4.69) is 0 Å². The number of hydrogen-bond donors (Lipinski definition) is 0. The Morgan fingerprint density at radius 3 is 2.42 bits per heavy atom. The first-order valence-electron chi connectivity index (χ1n) is 6.09. The van der Waals surface area contributed by atoms with E-state index < -0.39 is 10.0 Å². The van der Waals surface area contributed by atoms with Crippen LogP contribution >= 0.6 is 0 Å². The molecule has 1 aliphatic rings. The first kappa shape index (κ1) is 14.2. The Morgan fingerprint density at radius 2 is 1.95 bits per heavy atom. The smallest absolute Gasteiger partial charge is 0.243 e. The Kier molecular flexibility index (Phi) is 4.03. The first-order valence-corrected chi connectivity index (χ1v) is 7.53. The van der Waals surface area contributed by atoms with Crippen molar-refractivity contribution in [2.45, 2.75) is 24.3 Å². The van der Waals surface area contributed by atoms with E-state index >= 15 is 0 Å². The lowest BCUT2D eigenvalue weighted by Crippen LogP contribution is -2.37. The van der Waals surface area contributed by atoms with Crippen molar-refractivity contribution in [1.82, 2.24) is 4.31 Å². The second-order valence-electron chi connectivity index (χ2n) is 4.62. The van der Waals surface area contributed by atoms with Gasteiger partial charge in [-0.15, -0.1) is 0 Å². The molecule has 0 bridgehead atoms. The zero-order valence-corrected chi connectivity index (χ0v) is 11.8. The third-order valence-electron chi connectivity index (χ3n) is 3.36. The average Bonchev–Trinajstić information content (AvgIpc) is 2.91. The summed E-state index contributed by atoms with van der Waals surface area (Å²) >= 11 is 0. The van der Waals surface area contributed by atoms with Gasteiger partial charge in [-0.05, 0) is 25.5 Å². The van der Waals surface area contributed by atoms with E-state index in [1.807, 2.05) is 0 Å². The third kappa shape index (κ3) is 2.86. The molecule has 1 saturated heterocycles. The average molecular weight is 283 g/mol. The standard InChI is InChI=1S/C13H17NO4S/c1-10(15)11-3-5-13(6-4-11)19(16,17)14(2)12-7-8-18-9-12/h3-6,12H,7-9H2,1-2H3. The van der Waals surface area contributed by atoms with Crippen molar-refractivity contribution in [2.24, 2.45) is 0 Å². The van der Waals surface area contributed by atoms with Crippen molar-refractivity contribution in [1.29, 1.82) is 0 Å². The Hall–Kier alpha value is -1.24. The highest BCUT2D eigenvalue weighted by Crippen LogP contribution is 2.21. The summed E-state index contributed by atoms with van der Waals surface area (Å²) in [6.07, 6.45) is 0.710. The molecule has 0 spiro atoms. The molecular weight excluding hydrogens is 266 g/mol. The van der Waals surface area contributed by atoms with Crippen LogP contribution < -0.4 is 0 Å². The molecule has 1 aliphatic heterocycles. The van der Waals surface area contributed by atoms with E-state index in [-0.39, 0.29) is 16.7 Å².